The molecule has 0 aromatic heterocycles. The molecule has 0 aromatic carbocycles. The van der Waals surface area contributed by atoms with Gasteiger partial charge in [0, 0.05) is 20.1 Å². The minimum Gasteiger partial charge on any atom is -0.444 e. The second-order valence-corrected chi connectivity index (χ2v) is 5.96. The molecular formula is C13H24N2O4. The normalized spacial score (nSPS) is 17.7. The number of likely N-dealkylation sites (tertiary alicyclic amines) is 1. The van der Waals surface area contributed by atoms with Crippen LogP contribution in [0, 0.1) is 5.41 Å². The minimum atomic E-state index is -0.540. The van der Waals surface area contributed by atoms with E-state index in [1.807, 2.05) is 27.7 Å². The fourth-order valence-electron chi connectivity index (χ4n) is 2.07. The Balaban J connectivity index is 2.62. The van der Waals surface area contributed by atoms with E-state index in [2.05, 4.69) is 0 Å². The van der Waals surface area contributed by atoms with Gasteiger partial charge in [-0.15, -0.1) is 0 Å². The Hall–Kier alpha value is -1.30. The van der Waals surface area contributed by atoms with E-state index in [1.54, 1.807) is 11.9 Å². The number of ether oxygens (including phenoxy) is 1. The van der Waals surface area contributed by atoms with Gasteiger partial charge in [0.25, 0.3) is 5.91 Å². The van der Waals surface area contributed by atoms with E-state index >= 15 is 0 Å². The lowest BCUT2D eigenvalue weighted by atomic mass is 9.76. The van der Waals surface area contributed by atoms with Crippen molar-refractivity contribution in [2.24, 2.45) is 5.41 Å². The lowest BCUT2D eigenvalue weighted by Crippen LogP contribution is -2.64. The van der Waals surface area contributed by atoms with Gasteiger partial charge in [-0.3, -0.25) is 9.63 Å². The molecule has 19 heavy (non-hydrogen) atoms. The number of hydrogen-bond acceptors (Lipinski definition) is 4. The van der Waals surface area contributed by atoms with E-state index in [9.17, 15) is 9.59 Å². The molecule has 0 N–H and O–H groups in total. The van der Waals surface area contributed by atoms with E-state index in [1.165, 1.54) is 12.2 Å². The molecule has 6 nitrogen and oxygen atoms in total. The lowest BCUT2D eigenvalue weighted by molar-refractivity contribution is -0.189. The standard InChI is InChI=1S/C13H24N2O4/c1-7-13(10(16)14(5)18-6)8-15(9-13)11(17)19-12(2,3)4/h7-9H2,1-6H3. The van der Waals surface area contributed by atoms with E-state index < -0.39 is 11.0 Å². The first-order valence-corrected chi connectivity index (χ1v) is 6.45. The van der Waals surface area contributed by atoms with Crippen molar-refractivity contribution in [1.29, 1.82) is 0 Å². The predicted molar refractivity (Wildman–Crippen MR) is 70.3 cm³/mol. The topological polar surface area (TPSA) is 59.1 Å². The molecule has 0 bridgehead atoms. The van der Waals surface area contributed by atoms with E-state index in [0.29, 0.717) is 19.5 Å². The summed E-state index contributed by atoms with van der Waals surface area (Å²) in [6.45, 7) is 8.16. The quantitative estimate of drug-likeness (QED) is 0.733. The van der Waals surface area contributed by atoms with Crippen molar-refractivity contribution < 1.29 is 19.2 Å². The van der Waals surface area contributed by atoms with Crippen molar-refractivity contribution in [1.82, 2.24) is 9.96 Å². The first-order chi connectivity index (χ1) is 8.65. The zero-order chi connectivity index (χ0) is 14.8. The average molecular weight is 272 g/mol. The maximum absolute atomic E-state index is 12.2. The van der Waals surface area contributed by atoms with Gasteiger partial charge in [-0.05, 0) is 27.2 Å². The predicted octanol–water partition coefficient (Wildman–Crippen LogP) is 1.65. The first-order valence-electron chi connectivity index (χ1n) is 6.45. The van der Waals surface area contributed by atoms with Gasteiger partial charge in [0.1, 0.15) is 5.60 Å². The molecule has 0 spiro atoms. The van der Waals surface area contributed by atoms with Crippen LogP contribution in [-0.4, -0.2) is 54.8 Å². The second-order valence-electron chi connectivity index (χ2n) is 5.96. The van der Waals surface area contributed by atoms with E-state index in [4.69, 9.17) is 9.57 Å². The highest BCUT2D eigenvalue weighted by Gasteiger charge is 2.52. The van der Waals surface area contributed by atoms with Gasteiger partial charge in [-0.1, -0.05) is 6.92 Å². The Morgan fingerprint density at radius 1 is 1.32 bits per heavy atom. The number of hydroxylamine groups is 2. The highest BCUT2D eigenvalue weighted by molar-refractivity contribution is 5.85. The highest BCUT2D eigenvalue weighted by atomic mass is 16.7. The van der Waals surface area contributed by atoms with Crippen molar-refractivity contribution in [3.8, 4) is 0 Å². The van der Waals surface area contributed by atoms with E-state index in [0.717, 1.165) is 0 Å². The van der Waals surface area contributed by atoms with Crippen LogP contribution >= 0.6 is 0 Å². The van der Waals surface area contributed by atoms with Crippen LogP contribution in [0.5, 0.6) is 0 Å². The summed E-state index contributed by atoms with van der Waals surface area (Å²) in [7, 11) is 3.03. The number of hydrogen-bond donors (Lipinski definition) is 0. The maximum Gasteiger partial charge on any atom is 0.410 e. The summed E-state index contributed by atoms with van der Waals surface area (Å²) in [6, 6.07) is 0. The number of rotatable bonds is 3. The summed E-state index contributed by atoms with van der Waals surface area (Å²) in [4.78, 5) is 30.5. The molecule has 1 fully saturated rings. The molecule has 1 heterocycles. The molecule has 2 amide bonds. The maximum atomic E-state index is 12.2. The third-order valence-corrected chi connectivity index (χ3v) is 3.33. The molecule has 1 aliphatic heterocycles. The van der Waals surface area contributed by atoms with Crippen LogP contribution in [0.15, 0.2) is 0 Å². The molecule has 1 saturated heterocycles. The molecule has 0 atom stereocenters. The third kappa shape index (κ3) is 3.37. The molecule has 6 heteroatoms. The van der Waals surface area contributed by atoms with Crippen LogP contribution in [0.25, 0.3) is 0 Å². The van der Waals surface area contributed by atoms with Crippen molar-refractivity contribution in [2.75, 3.05) is 27.2 Å². The minimum absolute atomic E-state index is 0.0997. The van der Waals surface area contributed by atoms with Crippen molar-refractivity contribution >= 4 is 12.0 Å². The van der Waals surface area contributed by atoms with Crippen LogP contribution in [0.1, 0.15) is 34.1 Å². The van der Waals surface area contributed by atoms with Crippen molar-refractivity contribution in [3.63, 3.8) is 0 Å². The fraction of sp³-hybridized carbons (Fsp3) is 0.846. The Morgan fingerprint density at radius 2 is 1.84 bits per heavy atom. The number of amides is 2. The zero-order valence-corrected chi connectivity index (χ0v) is 12.6. The second kappa shape index (κ2) is 5.36. The van der Waals surface area contributed by atoms with Crippen LogP contribution < -0.4 is 0 Å². The van der Waals surface area contributed by atoms with Gasteiger partial charge >= 0.3 is 6.09 Å². The Labute approximate surface area is 114 Å². The molecule has 1 aliphatic rings. The van der Waals surface area contributed by atoms with Crippen LogP contribution in [0.2, 0.25) is 0 Å². The van der Waals surface area contributed by atoms with Crippen molar-refractivity contribution in [3.05, 3.63) is 0 Å². The first kappa shape index (κ1) is 15.8. The van der Waals surface area contributed by atoms with Crippen LogP contribution in [0.3, 0.4) is 0 Å². The summed E-state index contributed by atoms with van der Waals surface area (Å²) in [5, 5.41) is 1.22. The van der Waals surface area contributed by atoms with E-state index in [-0.39, 0.29) is 12.0 Å². The van der Waals surface area contributed by atoms with Gasteiger partial charge in [-0.25, -0.2) is 9.86 Å². The fourth-order valence-corrected chi connectivity index (χ4v) is 2.07. The largest absolute Gasteiger partial charge is 0.444 e. The molecule has 0 aliphatic carbocycles. The molecule has 0 unspecified atom stereocenters. The van der Waals surface area contributed by atoms with Crippen molar-refractivity contribution in [2.45, 2.75) is 39.7 Å². The Bertz CT molecular complexity index is 356. The summed E-state index contributed by atoms with van der Waals surface area (Å²) < 4.78 is 5.28. The number of carbonyl (C=O) groups excluding carboxylic acids is 2. The third-order valence-electron chi connectivity index (χ3n) is 3.33. The van der Waals surface area contributed by atoms with Gasteiger partial charge < -0.3 is 9.64 Å². The molecule has 1 rings (SSSR count). The van der Waals surface area contributed by atoms with Crippen LogP contribution in [-0.2, 0) is 14.4 Å². The molecule has 110 valence electrons. The Kier molecular flexibility index (Phi) is 4.45. The zero-order valence-electron chi connectivity index (χ0n) is 12.6. The lowest BCUT2D eigenvalue weighted by Gasteiger charge is -2.49. The smallest absolute Gasteiger partial charge is 0.410 e. The molecule has 0 aromatic rings. The van der Waals surface area contributed by atoms with Gasteiger partial charge in [0.15, 0.2) is 0 Å². The highest BCUT2D eigenvalue weighted by Crippen LogP contribution is 2.36. The summed E-state index contributed by atoms with van der Waals surface area (Å²) >= 11 is 0. The Morgan fingerprint density at radius 3 is 2.21 bits per heavy atom. The van der Waals surface area contributed by atoms with Crippen LogP contribution in [0.4, 0.5) is 4.79 Å². The summed E-state index contributed by atoms with van der Waals surface area (Å²) in [6.07, 6.45) is 0.295. The molecular weight excluding hydrogens is 248 g/mol. The number of nitrogens with zero attached hydrogens (tertiary/aromatic N) is 2. The van der Waals surface area contributed by atoms with Gasteiger partial charge in [0.05, 0.1) is 12.5 Å². The van der Waals surface area contributed by atoms with Gasteiger partial charge in [0.2, 0.25) is 0 Å². The van der Waals surface area contributed by atoms with Gasteiger partial charge in [-0.2, -0.15) is 0 Å². The molecule has 0 saturated carbocycles. The number of carbonyl (C=O) groups is 2. The summed E-state index contributed by atoms with van der Waals surface area (Å²) in [5.41, 5.74) is -1.06. The monoisotopic (exact) mass is 272 g/mol. The summed E-state index contributed by atoms with van der Waals surface area (Å²) in [5.74, 6) is -0.0997. The average Bonchev–Trinajstić information content (AvgIpc) is 2.24. The molecule has 0 radical (unpaired) electrons. The SMILES string of the molecule is CCC1(C(=O)N(C)OC)CN(C(=O)OC(C)(C)C)C1.